The van der Waals surface area contributed by atoms with Gasteiger partial charge in [-0.2, -0.15) is 0 Å². The second kappa shape index (κ2) is 8.34. The van der Waals surface area contributed by atoms with Crippen molar-refractivity contribution in [1.82, 2.24) is 0 Å². The van der Waals surface area contributed by atoms with Crippen molar-refractivity contribution in [2.24, 2.45) is 0 Å². The minimum absolute atomic E-state index is 0.0109. The Bertz CT molecular complexity index is 948. The monoisotopic (exact) mass is 396 g/mol. The van der Waals surface area contributed by atoms with Crippen molar-refractivity contribution in [2.75, 3.05) is 6.61 Å². The first-order valence-corrected chi connectivity index (χ1v) is 9.94. The molecule has 0 amide bonds. The van der Waals surface area contributed by atoms with Gasteiger partial charge < -0.3 is 9.47 Å². The van der Waals surface area contributed by atoms with Gasteiger partial charge in [0.15, 0.2) is 5.82 Å². The van der Waals surface area contributed by atoms with Gasteiger partial charge in [-0.15, -0.1) is 0 Å². The molecule has 0 radical (unpaired) electrons. The van der Waals surface area contributed by atoms with Crippen molar-refractivity contribution >= 4 is 11.6 Å². The molecule has 0 bridgehead atoms. The topological polar surface area (TPSA) is 21.8 Å². The van der Waals surface area contributed by atoms with Crippen molar-refractivity contribution in [2.45, 2.75) is 32.5 Å². The van der Waals surface area contributed by atoms with E-state index >= 15 is 0 Å². The Labute approximate surface area is 169 Å². The predicted octanol–water partition coefficient (Wildman–Crippen LogP) is 6.75. The fourth-order valence-electron chi connectivity index (χ4n) is 3.24. The van der Waals surface area contributed by atoms with E-state index in [9.17, 15) is 4.39 Å². The summed E-state index contributed by atoms with van der Waals surface area (Å²) < 4.78 is 25.2. The third-order valence-electron chi connectivity index (χ3n) is 4.93. The molecule has 0 saturated carbocycles. The molecule has 4 rings (SSSR count). The highest BCUT2D eigenvalue weighted by Gasteiger charge is 2.29. The standard InChI is InChI=1S/C24H22ClFO2/c1-2-3-16-4-8-18(9-5-16)19-10-6-17(7-11-19)14-27-21-13-12-20(22-15-28-22)24(26)23(21)25/h4-13,22H,2-3,14-15H2,1H3. The maximum atomic E-state index is 14.3. The lowest BCUT2D eigenvalue weighted by molar-refractivity contribution is 0.304. The van der Waals surface area contributed by atoms with E-state index in [1.165, 1.54) is 11.1 Å². The largest absolute Gasteiger partial charge is 0.487 e. The molecular weight excluding hydrogens is 375 g/mol. The summed E-state index contributed by atoms with van der Waals surface area (Å²) in [6, 6.07) is 20.2. The van der Waals surface area contributed by atoms with Gasteiger partial charge >= 0.3 is 0 Å². The predicted molar refractivity (Wildman–Crippen MR) is 110 cm³/mol. The van der Waals surface area contributed by atoms with Crippen LogP contribution < -0.4 is 4.74 Å². The van der Waals surface area contributed by atoms with Crippen LogP contribution in [-0.2, 0) is 17.8 Å². The van der Waals surface area contributed by atoms with Gasteiger partial charge in [0, 0.05) is 5.56 Å². The summed E-state index contributed by atoms with van der Waals surface area (Å²) >= 11 is 6.12. The van der Waals surface area contributed by atoms with Gasteiger partial charge in [0.2, 0.25) is 0 Å². The number of hydrogen-bond acceptors (Lipinski definition) is 2. The van der Waals surface area contributed by atoms with E-state index < -0.39 is 5.82 Å². The fourth-order valence-corrected chi connectivity index (χ4v) is 3.47. The molecule has 1 unspecified atom stereocenters. The second-order valence-corrected chi connectivity index (χ2v) is 7.41. The molecule has 1 aliphatic rings. The Morgan fingerprint density at radius 2 is 1.57 bits per heavy atom. The molecule has 3 aromatic carbocycles. The van der Waals surface area contributed by atoms with Crippen LogP contribution in [0, 0.1) is 5.82 Å². The van der Waals surface area contributed by atoms with Crippen molar-refractivity contribution in [1.29, 1.82) is 0 Å². The second-order valence-electron chi connectivity index (χ2n) is 7.04. The summed E-state index contributed by atoms with van der Waals surface area (Å²) in [5, 5.41) is 0.0109. The maximum Gasteiger partial charge on any atom is 0.151 e. The zero-order chi connectivity index (χ0) is 19.5. The van der Waals surface area contributed by atoms with Crippen molar-refractivity contribution in [3.05, 3.63) is 88.2 Å². The first-order chi connectivity index (χ1) is 13.7. The van der Waals surface area contributed by atoms with Gasteiger partial charge in [0.1, 0.15) is 23.5 Å². The lowest BCUT2D eigenvalue weighted by Crippen LogP contribution is -1.99. The Balaban J connectivity index is 1.41. The van der Waals surface area contributed by atoms with Gasteiger partial charge in [-0.25, -0.2) is 4.39 Å². The lowest BCUT2D eigenvalue weighted by atomic mass is 10.0. The SMILES string of the molecule is CCCc1ccc(-c2ccc(COc3ccc(C4CO4)c(F)c3Cl)cc2)cc1. The van der Waals surface area contributed by atoms with E-state index in [0.29, 0.717) is 24.5 Å². The molecule has 1 saturated heterocycles. The number of aryl methyl sites for hydroxylation is 1. The number of ether oxygens (including phenoxy) is 2. The molecule has 144 valence electrons. The lowest BCUT2D eigenvalue weighted by Gasteiger charge is -2.11. The van der Waals surface area contributed by atoms with Crippen molar-refractivity contribution in [3.63, 3.8) is 0 Å². The van der Waals surface area contributed by atoms with Crippen LogP contribution in [0.4, 0.5) is 4.39 Å². The average molecular weight is 397 g/mol. The Morgan fingerprint density at radius 3 is 2.14 bits per heavy atom. The van der Waals surface area contributed by atoms with E-state index in [1.807, 2.05) is 12.1 Å². The molecule has 0 aliphatic carbocycles. The van der Waals surface area contributed by atoms with Crippen LogP contribution >= 0.6 is 11.6 Å². The number of epoxide rings is 1. The van der Waals surface area contributed by atoms with Crippen LogP contribution in [0.5, 0.6) is 5.75 Å². The van der Waals surface area contributed by atoms with E-state index in [4.69, 9.17) is 21.1 Å². The number of halogens is 2. The fraction of sp³-hybridized carbons (Fsp3) is 0.250. The summed E-state index contributed by atoms with van der Waals surface area (Å²) in [5.41, 5.74) is 5.20. The van der Waals surface area contributed by atoms with Crippen molar-refractivity contribution in [3.8, 4) is 16.9 Å². The van der Waals surface area contributed by atoms with Crippen LogP contribution in [0.25, 0.3) is 11.1 Å². The van der Waals surface area contributed by atoms with Crippen LogP contribution in [0.15, 0.2) is 60.7 Å². The molecule has 4 heteroatoms. The number of benzene rings is 3. The zero-order valence-electron chi connectivity index (χ0n) is 15.8. The third-order valence-corrected chi connectivity index (χ3v) is 5.28. The molecule has 28 heavy (non-hydrogen) atoms. The Kier molecular flexibility index (Phi) is 5.65. The zero-order valence-corrected chi connectivity index (χ0v) is 16.5. The van der Waals surface area contributed by atoms with Crippen LogP contribution in [0.1, 0.15) is 36.1 Å². The Hall–Kier alpha value is -2.36. The van der Waals surface area contributed by atoms with E-state index in [2.05, 4.69) is 43.3 Å². The van der Waals surface area contributed by atoms with Crippen LogP contribution in [0.3, 0.4) is 0 Å². The highest BCUT2D eigenvalue weighted by molar-refractivity contribution is 6.32. The third kappa shape index (κ3) is 4.21. The van der Waals surface area contributed by atoms with Gasteiger partial charge in [-0.1, -0.05) is 73.5 Å². The number of rotatable bonds is 7. The van der Waals surface area contributed by atoms with Crippen molar-refractivity contribution < 1.29 is 13.9 Å². The van der Waals surface area contributed by atoms with Crippen LogP contribution in [0.2, 0.25) is 5.02 Å². The summed E-state index contributed by atoms with van der Waals surface area (Å²) in [4.78, 5) is 0. The number of hydrogen-bond donors (Lipinski definition) is 0. The smallest absolute Gasteiger partial charge is 0.151 e. The maximum absolute atomic E-state index is 14.3. The summed E-state index contributed by atoms with van der Waals surface area (Å²) in [5.74, 6) is -0.109. The normalized spacial score (nSPS) is 15.5. The highest BCUT2D eigenvalue weighted by atomic mass is 35.5. The molecule has 1 fully saturated rings. The molecule has 2 nitrogen and oxygen atoms in total. The van der Waals surface area contributed by atoms with Gasteiger partial charge in [0.05, 0.1) is 6.61 Å². The van der Waals surface area contributed by atoms with Gasteiger partial charge in [0.25, 0.3) is 0 Å². The summed E-state index contributed by atoms with van der Waals surface area (Å²) in [6.45, 7) is 3.06. The van der Waals surface area contributed by atoms with E-state index in [1.54, 1.807) is 12.1 Å². The van der Waals surface area contributed by atoms with E-state index in [0.717, 1.165) is 24.0 Å². The van der Waals surface area contributed by atoms with Gasteiger partial charge in [-0.3, -0.25) is 0 Å². The average Bonchev–Trinajstić information content (AvgIpc) is 3.56. The van der Waals surface area contributed by atoms with Crippen LogP contribution in [-0.4, -0.2) is 6.61 Å². The van der Waals surface area contributed by atoms with Gasteiger partial charge in [-0.05, 0) is 40.8 Å². The van der Waals surface area contributed by atoms with E-state index in [-0.39, 0.29) is 11.1 Å². The summed E-state index contributed by atoms with van der Waals surface area (Å²) in [6.07, 6.45) is 2.09. The summed E-state index contributed by atoms with van der Waals surface area (Å²) in [7, 11) is 0. The highest BCUT2D eigenvalue weighted by Crippen LogP contribution is 2.38. The first-order valence-electron chi connectivity index (χ1n) is 9.56. The molecular formula is C24H22ClFO2. The quantitative estimate of drug-likeness (QED) is 0.412. The minimum atomic E-state index is -0.455. The molecule has 1 heterocycles. The molecule has 0 aromatic heterocycles. The Morgan fingerprint density at radius 1 is 0.964 bits per heavy atom. The molecule has 3 aromatic rings. The molecule has 0 N–H and O–H groups in total. The minimum Gasteiger partial charge on any atom is -0.487 e. The molecule has 0 spiro atoms. The molecule has 1 aliphatic heterocycles. The first kappa shape index (κ1) is 19.0. The molecule has 1 atom stereocenters.